The van der Waals surface area contributed by atoms with Crippen LogP contribution >= 0.6 is 11.3 Å². The van der Waals surface area contributed by atoms with Gasteiger partial charge in [0, 0.05) is 10.9 Å². The number of rotatable bonds is 6. The average molecular weight is 302 g/mol. The van der Waals surface area contributed by atoms with Gasteiger partial charge in [0.05, 0.1) is 19.2 Å². The molecule has 2 rings (SSSR count). The van der Waals surface area contributed by atoms with Crippen LogP contribution in [0.5, 0.6) is 0 Å². The summed E-state index contributed by atoms with van der Waals surface area (Å²) in [5, 5.41) is 12.1. The normalized spacial score (nSPS) is 11.6. The molecule has 102 valence electrons. The Kier molecular flexibility index (Phi) is 3.98. The average Bonchev–Trinajstić information content (AvgIpc) is 2.96. The summed E-state index contributed by atoms with van der Waals surface area (Å²) in [5.41, 5.74) is 0. The molecule has 2 heterocycles. The number of sulfonamides is 1. The lowest BCUT2D eigenvalue weighted by Crippen LogP contribution is -2.22. The highest BCUT2D eigenvalue weighted by molar-refractivity contribution is 7.91. The first-order chi connectivity index (χ1) is 8.97. The molecule has 0 spiro atoms. The van der Waals surface area contributed by atoms with Crippen LogP contribution in [0.25, 0.3) is 0 Å². The molecule has 7 nitrogen and oxygen atoms in total. The summed E-state index contributed by atoms with van der Waals surface area (Å²) < 4.78 is 31.0. The van der Waals surface area contributed by atoms with Crippen LogP contribution in [0.2, 0.25) is 0 Å². The minimum atomic E-state index is -3.66. The molecule has 2 aromatic rings. The van der Waals surface area contributed by atoms with Gasteiger partial charge in [-0.15, -0.1) is 11.3 Å². The van der Waals surface area contributed by atoms with Crippen LogP contribution in [0.1, 0.15) is 10.6 Å². The number of nitrogens with one attached hydrogen (secondary N) is 1. The van der Waals surface area contributed by atoms with Crippen molar-refractivity contribution in [2.45, 2.75) is 17.2 Å². The molecule has 0 radical (unpaired) electrons. The lowest BCUT2D eigenvalue weighted by molar-refractivity contribution is -0.136. The Morgan fingerprint density at radius 3 is 2.84 bits per heavy atom. The third kappa shape index (κ3) is 3.63. The van der Waals surface area contributed by atoms with E-state index in [-0.39, 0.29) is 17.2 Å². The van der Waals surface area contributed by atoms with Crippen molar-refractivity contribution in [2.75, 3.05) is 0 Å². The summed E-state index contributed by atoms with van der Waals surface area (Å²) in [5.74, 6) is -0.605. The van der Waals surface area contributed by atoms with E-state index in [9.17, 15) is 13.2 Å². The number of carboxylic acids is 1. The maximum Gasteiger partial charge on any atom is 0.308 e. The highest BCUT2D eigenvalue weighted by Gasteiger charge is 2.18. The van der Waals surface area contributed by atoms with Gasteiger partial charge < -0.3 is 9.63 Å². The van der Waals surface area contributed by atoms with Crippen molar-refractivity contribution in [3.8, 4) is 0 Å². The van der Waals surface area contributed by atoms with Crippen molar-refractivity contribution < 1.29 is 22.8 Å². The van der Waals surface area contributed by atoms with Gasteiger partial charge in [-0.25, -0.2) is 13.1 Å². The van der Waals surface area contributed by atoms with Gasteiger partial charge in [-0.2, -0.15) is 0 Å². The van der Waals surface area contributed by atoms with Gasteiger partial charge in [0.1, 0.15) is 4.21 Å². The van der Waals surface area contributed by atoms with Crippen molar-refractivity contribution in [3.05, 3.63) is 35.0 Å². The molecule has 0 aliphatic rings. The van der Waals surface area contributed by atoms with Crippen LogP contribution in [0.3, 0.4) is 0 Å². The number of carboxylic acid groups (broad SMARTS) is 1. The third-order valence-corrected chi connectivity index (χ3v) is 5.13. The Balaban J connectivity index is 2.06. The lowest BCUT2D eigenvalue weighted by Gasteiger charge is -2.01. The van der Waals surface area contributed by atoms with Crippen LogP contribution < -0.4 is 4.72 Å². The van der Waals surface area contributed by atoms with Crippen LogP contribution in [0.4, 0.5) is 0 Å². The van der Waals surface area contributed by atoms with Crippen molar-refractivity contribution in [1.29, 1.82) is 0 Å². The van der Waals surface area contributed by atoms with Gasteiger partial charge in [0.2, 0.25) is 10.0 Å². The van der Waals surface area contributed by atoms with E-state index in [1.807, 2.05) is 0 Å². The zero-order valence-electron chi connectivity index (χ0n) is 9.57. The summed E-state index contributed by atoms with van der Waals surface area (Å²) in [7, 11) is -3.66. The monoisotopic (exact) mass is 302 g/mol. The zero-order chi connectivity index (χ0) is 13.9. The molecule has 0 saturated heterocycles. The van der Waals surface area contributed by atoms with Crippen molar-refractivity contribution in [1.82, 2.24) is 9.88 Å². The SMILES string of the molecule is O=C(O)Cc1ccc(S(=O)(=O)NCc2ccno2)s1. The Bertz CT molecular complexity index is 660. The summed E-state index contributed by atoms with van der Waals surface area (Å²) in [6, 6.07) is 4.42. The number of hydrogen-bond acceptors (Lipinski definition) is 6. The smallest absolute Gasteiger partial charge is 0.308 e. The van der Waals surface area contributed by atoms with Crippen molar-refractivity contribution in [2.24, 2.45) is 0 Å². The van der Waals surface area contributed by atoms with Gasteiger partial charge in [-0.05, 0) is 12.1 Å². The molecule has 0 aromatic carbocycles. The molecule has 9 heteroatoms. The van der Waals surface area contributed by atoms with Gasteiger partial charge in [0.25, 0.3) is 0 Å². The Morgan fingerprint density at radius 2 is 2.21 bits per heavy atom. The standard InChI is InChI=1S/C10H10N2O5S2/c13-9(14)5-8-1-2-10(18-8)19(15,16)12-6-7-3-4-11-17-7/h1-4,12H,5-6H2,(H,13,14). The van der Waals surface area contributed by atoms with Gasteiger partial charge in [-0.3, -0.25) is 4.79 Å². The van der Waals surface area contributed by atoms with E-state index in [0.29, 0.717) is 10.6 Å². The highest BCUT2D eigenvalue weighted by atomic mass is 32.2. The van der Waals surface area contributed by atoms with Crippen LogP contribution in [-0.4, -0.2) is 24.7 Å². The summed E-state index contributed by atoms with van der Waals surface area (Å²) >= 11 is 0.928. The van der Waals surface area contributed by atoms with Crippen molar-refractivity contribution in [3.63, 3.8) is 0 Å². The number of carbonyl (C=O) groups is 1. The van der Waals surface area contributed by atoms with E-state index in [2.05, 4.69) is 9.88 Å². The Labute approximate surface area is 112 Å². The first-order valence-electron chi connectivity index (χ1n) is 5.17. The van der Waals surface area contributed by atoms with Gasteiger partial charge >= 0.3 is 5.97 Å². The summed E-state index contributed by atoms with van der Waals surface area (Å²) in [6.45, 7) is -0.00546. The molecule has 2 N–H and O–H groups in total. The number of aromatic nitrogens is 1. The number of hydrogen-bond donors (Lipinski definition) is 2. The summed E-state index contributed by atoms with van der Waals surface area (Å²) in [4.78, 5) is 11.0. The van der Waals surface area contributed by atoms with E-state index in [1.165, 1.54) is 18.3 Å². The number of thiophene rings is 1. The zero-order valence-corrected chi connectivity index (χ0v) is 11.2. The lowest BCUT2D eigenvalue weighted by atomic mass is 10.3. The second-order valence-corrected chi connectivity index (χ2v) is 6.76. The van der Waals surface area contributed by atoms with E-state index in [4.69, 9.17) is 9.63 Å². The summed E-state index contributed by atoms with van der Waals surface area (Å²) in [6.07, 6.45) is 1.22. The minimum Gasteiger partial charge on any atom is -0.481 e. The van der Waals surface area contributed by atoms with Crippen LogP contribution in [-0.2, 0) is 27.8 Å². The Morgan fingerprint density at radius 1 is 1.42 bits per heavy atom. The molecule has 2 aromatic heterocycles. The third-order valence-electron chi connectivity index (χ3n) is 2.15. The largest absolute Gasteiger partial charge is 0.481 e. The van der Waals surface area contributed by atoms with Gasteiger partial charge in [0.15, 0.2) is 5.76 Å². The molecular formula is C10H10N2O5S2. The minimum absolute atomic E-state index is 0.00546. The fraction of sp³-hybridized carbons (Fsp3) is 0.200. The Hall–Kier alpha value is -1.71. The number of aliphatic carboxylic acids is 1. The van der Waals surface area contributed by atoms with E-state index in [0.717, 1.165) is 11.3 Å². The van der Waals surface area contributed by atoms with Crippen LogP contribution in [0, 0.1) is 0 Å². The first kappa shape index (κ1) is 13.7. The van der Waals surface area contributed by atoms with E-state index in [1.54, 1.807) is 6.07 Å². The number of nitrogens with zero attached hydrogens (tertiary/aromatic N) is 1. The maximum atomic E-state index is 11.9. The predicted octanol–water partition coefficient (Wildman–Crippen LogP) is 0.842. The van der Waals surface area contributed by atoms with Gasteiger partial charge in [-0.1, -0.05) is 5.16 Å². The molecule has 0 aliphatic heterocycles. The first-order valence-corrected chi connectivity index (χ1v) is 7.47. The fourth-order valence-corrected chi connectivity index (χ4v) is 3.70. The molecule has 19 heavy (non-hydrogen) atoms. The molecule has 0 saturated carbocycles. The fourth-order valence-electron chi connectivity index (χ4n) is 1.32. The molecule has 0 amide bonds. The molecule has 0 aliphatic carbocycles. The van der Waals surface area contributed by atoms with Crippen molar-refractivity contribution >= 4 is 27.3 Å². The topological polar surface area (TPSA) is 110 Å². The predicted molar refractivity (Wildman–Crippen MR) is 66.2 cm³/mol. The molecule has 0 fully saturated rings. The van der Waals surface area contributed by atoms with E-state index >= 15 is 0 Å². The van der Waals surface area contributed by atoms with E-state index < -0.39 is 16.0 Å². The molecule has 0 atom stereocenters. The van der Waals surface area contributed by atoms with Crippen LogP contribution in [0.15, 0.2) is 33.1 Å². The maximum absolute atomic E-state index is 11.9. The quantitative estimate of drug-likeness (QED) is 0.818. The molecule has 0 unspecified atom stereocenters. The molecular weight excluding hydrogens is 292 g/mol. The highest BCUT2D eigenvalue weighted by Crippen LogP contribution is 2.22. The second-order valence-electron chi connectivity index (χ2n) is 3.59. The molecule has 0 bridgehead atoms. The second kappa shape index (κ2) is 5.51.